The van der Waals surface area contributed by atoms with E-state index in [9.17, 15) is 28.4 Å². The molecule has 0 radical (unpaired) electrons. The number of nitrogens with zero attached hydrogens (tertiary/aromatic N) is 4. The first-order valence-electron chi connectivity index (χ1n) is 23.3. The number of halogens is 2. The maximum atomic E-state index is 15.4. The lowest BCUT2D eigenvalue weighted by Gasteiger charge is -2.39. The minimum absolute atomic E-state index is 0.0356. The van der Waals surface area contributed by atoms with Crippen LogP contribution < -0.4 is 19.7 Å². The number of piperazine rings is 1. The van der Waals surface area contributed by atoms with Crippen molar-refractivity contribution in [2.45, 2.75) is 63.6 Å². The number of aliphatic hydroxyl groups is 1. The highest BCUT2D eigenvalue weighted by atomic mass is 32.2. The predicted octanol–water partition coefficient (Wildman–Crippen LogP) is 9.23. The Balaban J connectivity index is 0.925. The quantitative estimate of drug-likeness (QED) is 0.0561. The second-order valence-electron chi connectivity index (χ2n) is 19.4. The molecule has 20 heteroatoms. The van der Waals surface area contributed by atoms with E-state index < -0.39 is 48.7 Å². The first-order chi connectivity index (χ1) is 33.8. The maximum absolute atomic E-state index is 15.4. The molecule has 1 unspecified atom stereocenters. The van der Waals surface area contributed by atoms with Gasteiger partial charge in [-0.15, -0.1) is 11.3 Å². The summed E-state index contributed by atoms with van der Waals surface area (Å²) in [5.74, 6) is -2.09. The molecule has 1 amide bonds. The molecule has 2 aliphatic heterocycles. The smallest absolute Gasteiger partial charge is 0.293 e. The molecule has 3 aromatic carbocycles. The Morgan fingerprint density at radius 1 is 1.06 bits per heavy atom. The molecule has 0 bridgehead atoms. The van der Waals surface area contributed by atoms with E-state index >= 15 is 8.78 Å². The molecule has 2 fully saturated rings. The van der Waals surface area contributed by atoms with Gasteiger partial charge >= 0.3 is 0 Å². The number of nitro benzene ring substituents is 1. The first kappa shape index (κ1) is 49.7. The Morgan fingerprint density at radius 3 is 2.55 bits per heavy atom. The number of fused-ring (bicyclic) bond motifs is 1. The number of thiophene rings is 1. The summed E-state index contributed by atoms with van der Waals surface area (Å²) in [7, 11) is -4.63. The number of aromatic nitrogens is 2. The van der Waals surface area contributed by atoms with Crippen LogP contribution >= 0.6 is 11.3 Å². The molecule has 2 saturated heterocycles. The summed E-state index contributed by atoms with van der Waals surface area (Å²) < 4.78 is 77.7. The Kier molecular flexibility index (Phi) is 14.0. The zero-order valence-corrected chi connectivity index (χ0v) is 41.4. The van der Waals surface area contributed by atoms with Gasteiger partial charge in [-0.3, -0.25) is 19.8 Å². The molecular weight excluding hydrogens is 957 g/mol. The van der Waals surface area contributed by atoms with E-state index in [2.05, 4.69) is 43.7 Å². The molecule has 374 valence electrons. The van der Waals surface area contributed by atoms with E-state index in [1.807, 2.05) is 12.1 Å². The van der Waals surface area contributed by atoms with Gasteiger partial charge in [0, 0.05) is 73.5 Å². The molecule has 3 aromatic heterocycles. The van der Waals surface area contributed by atoms with Crippen molar-refractivity contribution in [3.05, 3.63) is 128 Å². The number of amides is 1. The zero-order chi connectivity index (χ0) is 50.2. The number of rotatable bonds is 15. The van der Waals surface area contributed by atoms with Crippen LogP contribution in [0.25, 0.3) is 27.7 Å². The summed E-state index contributed by atoms with van der Waals surface area (Å²) in [5.41, 5.74) is 2.48. The molecule has 9 rings (SSSR count). The summed E-state index contributed by atoms with van der Waals surface area (Å²) >= 11 is 1.48. The Hall–Kier alpha value is -6.29. The molecule has 6 aromatic rings. The van der Waals surface area contributed by atoms with Gasteiger partial charge in [0.05, 0.1) is 58.7 Å². The monoisotopic (exact) mass is 1010 g/mol. The van der Waals surface area contributed by atoms with E-state index in [1.165, 1.54) is 72.9 Å². The number of aromatic amines is 1. The minimum atomic E-state index is -4.63. The Labute approximate surface area is 413 Å². The third kappa shape index (κ3) is 11.3. The van der Waals surface area contributed by atoms with E-state index in [1.54, 1.807) is 29.8 Å². The van der Waals surface area contributed by atoms with Crippen LogP contribution in [0.5, 0.6) is 11.5 Å². The molecule has 1 aliphatic carbocycles. The van der Waals surface area contributed by atoms with Gasteiger partial charge in [0.2, 0.25) is 0 Å². The van der Waals surface area contributed by atoms with Crippen LogP contribution in [0.1, 0.15) is 67.8 Å². The van der Waals surface area contributed by atoms with Crippen molar-refractivity contribution >= 4 is 60.9 Å². The highest BCUT2D eigenvalue weighted by Gasteiger charge is 2.32. The first-order valence-corrected chi connectivity index (χ1v) is 25.7. The van der Waals surface area contributed by atoms with Gasteiger partial charge < -0.3 is 34.5 Å². The van der Waals surface area contributed by atoms with Gasteiger partial charge in [0.1, 0.15) is 34.5 Å². The van der Waals surface area contributed by atoms with E-state index in [0.717, 1.165) is 47.8 Å². The Morgan fingerprint density at radius 2 is 1.83 bits per heavy atom. The molecule has 5 heterocycles. The predicted molar refractivity (Wildman–Crippen MR) is 268 cm³/mol. The second-order valence-corrected chi connectivity index (χ2v) is 22.0. The lowest BCUT2D eigenvalue weighted by atomic mass is 9.73. The number of pyridine rings is 1. The largest absolute Gasteiger partial charge is 0.455 e. The molecule has 1 atom stereocenters. The van der Waals surface area contributed by atoms with Crippen molar-refractivity contribution in [2.75, 3.05) is 69.3 Å². The standard InChI is InChI=1S/C51H55F2N7O9S2/c1-50(2)11-9-32(40(25-50)46-20-33(30-70-46)47-41(52)21-34(22-42(47)53)51(3,4)62)28-58-13-15-59(16-14-58)35-5-7-39(45(23-35)69-36-19-31-10-12-54-48(31)56-26-36)49(61)57-71(65,66)38-6-8-43(44(24-38)60(63)64)55-27-37-29-67-17-18-68-37/h5-8,10,12,19-24,26,30,37,55,62H,9,11,13-18,25,27-29H2,1-4H3,(H,54,56)(H,57,61). The zero-order valence-electron chi connectivity index (χ0n) is 39.7. The highest BCUT2D eigenvalue weighted by molar-refractivity contribution is 7.90. The molecule has 0 spiro atoms. The van der Waals surface area contributed by atoms with Crippen LogP contribution in [0.4, 0.5) is 25.8 Å². The number of allylic oxidation sites excluding steroid dienone is 1. The number of H-pyrrole nitrogens is 1. The highest BCUT2D eigenvalue weighted by Crippen LogP contribution is 2.46. The van der Waals surface area contributed by atoms with Crippen LogP contribution in [-0.4, -0.2) is 104 Å². The van der Waals surface area contributed by atoms with Gasteiger partial charge in [-0.2, -0.15) is 0 Å². The number of hydrogen-bond acceptors (Lipinski definition) is 14. The Bertz CT molecular complexity index is 3110. The number of anilines is 2. The molecule has 3 aliphatic rings. The minimum Gasteiger partial charge on any atom is -0.455 e. The van der Waals surface area contributed by atoms with E-state index in [4.69, 9.17) is 14.2 Å². The van der Waals surface area contributed by atoms with Crippen molar-refractivity contribution < 1.29 is 46.2 Å². The average molecular weight is 1010 g/mol. The number of ether oxygens (including phenoxy) is 3. The fraction of sp³-hybridized carbons (Fsp3) is 0.373. The van der Waals surface area contributed by atoms with Gasteiger partial charge in [0.25, 0.3) is 21.6 Å². The van der Waals surface area contributed by atoms with Crippen molar-refractivity contribution in [3.8, 4) is 22.6 Å². The van der Waals surface area contributed by atoms with Gasteiger partial charge in [-0.1, -0.05) is 19.4 Å². The molecular formula is C51H55F2N7O9S2. The lowest BCUT2D eigenvalue weighted by molar-refractivity contribution is -0.384. The summed E-state index contributed by atoms with van der Waals surface area (Å²) in [6, 6.07) is 16.1. The fourth-order valence-corrected chi connectivity index (χ4v) is 11.2. The van der Waals surface area contributed by atoms with Gasteiger partial charge in [0.15, 0.2) is 0 Å². The summed E-state index contributed by atoms with van der Waals surface area (Å²) in [4.78, 5) is 37.9. The number of nitrogens with one attached hydrogen (secondary N) is 3. The van der Waals surface area contributed by atoms with Crippen molar-refractivity contribution in [3.63, 3.8) is 0 Å². The lowest BCUT2D eigenvalue weighted by Crippen LogP contribution is -2.47. The third-order valence-corrected chi connectivity index (χ3v) is 15.5. The second kappa shape index (κ2) is 20.1. The number of hydrogen-bond donors (Lipinski definition) is 4. The normalized spacial score (nSPS) is 17.9. The summed E-state index contributed by atoms with van der Waals surface area (Å²) in [6.07, 6.45) is 5.57. The van der Waals surface area contributed by atoms with Gasteiger partial charge in [-0.05, 0) is 115 Å². The third-order valence-electron chi connectivity index (χ3n) is 13.2. The number of carbonyl (C=O) groups is 1. The number of carbonyl (C=O) groups excluding carboxylic acids is 1. The van der Waals surface area contributed by atoms with E-state index in [0.29, 0.717) is 63.0 Å². The molecule has 71 heavy (non-hydrogen) atoms. The van der Waals surface area contributed by atoms with Crippen LogP contribution in [0.3, 0.4) is 0 Å². The number of nitro groups is 1. The molecule has 0 saturated carbocycles. The van der Waals surface area contributed by atoms with Crippen LogP contribution in [-0.2, 0) is 25.1 Å². The van der Waals surface area contributed by atoms with Crippen LogP contribution in [0.15, 0.2) is 95.0 Å². The maximum Gasteiger partial charge on any atom is 0.293 e. The number of sulfonamides is 1. The van der Waals surface area contributed by atoms with Crippen molar-refractivity contribution in [1.29, 1.82) is 0 Å². The fourth-order valence-electron chi connectivity index (χ4n) is 9.21. The molecule has 4 N–H and O–H groups in total. The SMILES string of the molecule is CC1(C)CCC(CN2CCN(c3ccc(C(=O)NS(=O)(=O)c4ccc(NCC5COCCO5)c([N+](=O)[O-])c4)c(Oc4cnc5[nH]ccc5c4)c3)CC2)=C(c2cc(-c3c(F)cc(C(C)(C)O)cc3F)cs2)C1. The van der Waals surface area contributed by atoms with E-state index in [-0.39, 0.29) is 46.2 Å². The van der Waals surface area contributed by atoms with Crippen LogP contribution in [0.2, 0.25) is 0 Å². The van der Waals surface area contributed by atoms with Gasteiger partial charge in [-0.25, -0.2) is 26.9 Å². The molecule has 16 nitrogen and oxygen atoms in total. The van der Waals surface area contributed by atoms with Crippen LogP contribution in [0, 0.1) is 27.2 Å². The topological polar surface area (TPSA) is 201 Å². The summed E-state index contributed by atoms with van der Waals surface area (Å²) in [6.45, 7) is 12.2. The van der Waals surface area contributed by atoms with Crippen molar-refractivity contribution in [2.24, 2.45) is 5.41 Å². The average Bonchev–Trinajstić information content (AvgIpc) is 4.01. The number of benzene rings is 3. The van der Waals surface area contributed by atoms with Crippen molar-refractivity contribution in [1.82, 2.24) is 19.6 Å². The summed E-state index contributed by atoms with van der Waals surface area (Å²) in [5, 5.41) is 28.0.